The summed E-state index contributed by atoms with van der Waals surface area (Å²) in [5.74, 6) is 0.763. The summed E-state index contributed by atoms with van der Waals surface area (Å²) in [7, 11) is 0. The molecule has 0 aromatic carbocycles. The molecular formula is C12H18N2O4. The second-order valence-electron chi connectivity index (χ2n) is 5.40. The van der Waals surface area contributed by atoms with E-state index in [1.54, 1.807) is 4.90 Å². The largest absolute Gasteiger partial charge is 0.448 e. The molecule has 0 bridgehead atoms. The third kappa shape index (κ3) is 2.64. The van der Waals surface area contributed by atoms with E-state index in [1.807, 2.05) is 20.8 Å². The van der Waals surface area contributed by atoms with E-state index in [-0.39, 0.29) is 18.6 Å². The highest BCUT2D eigenvalue weighted by Crippen LogP contribution is 2.30. The van der Waals surface area contributed by atoms with Crippen LogP contribution in [-0.2, 0) is 11.3 Å². The summed E-state index contributed by atoms with van der Waals surface area (Å²) in [6.07, 6.45) is 1.00. The Labute approximate surface area is 106 Å². The van der Waals surface area contributed by atoms with Crippen LogP contribution in [0.3, 0.4) is 0 Å². The monoisotopic (exact) mass is 254 g/mol. The number of rotatable bonds is 2. The van der Waals surface area contributed by atoms with Gasteiger partial charge in [-0.3, -0.25) is 0 Å². The summed E-state index contributed by atoms with van der Waals surface area (Å²) in [6, 6.07) is 0. The molecule has 0 radical (unpaired) electrons. The maximum absolute atomic E-state index is 11.7. The maximum atomic E-state index is 11.7. The summed E-state index contributed by atoms with van der Waals surface area (Å²) in [5, 5.41) is 9.08. The van der Waals surface area contributed by atoms with Gasteiger partial charge in [0.15, 0.2) is 6.39 Å². The Balaban J connectivity index is 1.89. The van der Waals surface area contributed by atoms with Gasteiger partial charge in [0.25, 0.3) is 0 Å². The number of nitrogens with zero attached hydrogens (tertiary/aromatic N) is 2. The number of oxazole rings is 1. The van der Waals surface area contributed by atoms with Crippen LogP contribution in [0.15, 0.2) is 10.8 Å². The number of carbonyl (C=O) groups is 1. The molecule has 0 atom stereocenters. The van der Waals surface area contributed by atoms with Gasteiger partial charge >= 0.3 is 6.09 Å². The Kier molecular flexibility index (Phi) is 3.30. The molecule has 0 saturated carbocycles. The quantitative estimate of drug-likeness (QED) is 0.865. The summed E-state index contributed by atoms with van der Waals surface area (Å²) >= 11 is 0. The number of hydrogen-bond donors (Lipinski definition) is 1. The van der Waals surface area contributed by atoms with Gasteiger partial charge in [0.05, 0.1) is 12.5 Å². The number of hydrogen-bond acceptors (Lipinski definition) is 5. The molecule has 2 heterocycles. The van der Waals surface area contributed by atoms with Crippen LogP contribution in [0, 0.1) is 0 Å². The van der Waals surface area contributed by atoms with Crippen LogP contribution in [0.2, 0.25) is 0 Å². The van der Waals surface area contributed by atoms with E-state index in [0.717, 1.165) is 0 Å². The lowest BCUT2D eigenvalue weighted by Crippen LogP contribution is -2.50. The van der Waals surface area contributed by atoms with Crippen LogP contribution in [0.4, 0.5) is 4.79 Å². The molecule has 1 fully saturated rings. The Morgan fingerprint density at radius 3 is 2.83 bits per heavy atom. The van der Waals surface area contributed by atoms with Crippen molar-refractivity contribution in [3.63, 3.8) is 0 Å². The first-order valence-electron chi connectivity index (χ1n) is 5.92. The Morgan fingerprint density at radius 2 is 2.28 bits per heavy atom. The first-order chi connectivity index (χ1) is 8.40. The van der Waals surface area contributed by atoms with Crippen LogP contribution >= 0.6 is 0 Å². The molecular weight excluding hydrogens is 236 g/mol. The van der Waals surface area contributed by atoms with Gasteiger partial charge in [-0.15, -0.1) is 0 Å². The third-order valence-corrected chi connectivity index (χ3v) is 2.73. The molecule has 1 amide bonds. The highest BCUT2D eigenvalue weighted by molar-refractivity contribution is 5.69. The van der Waals surface area contributed by atoms with E-state index < -0.39 is 5.60 Å². The Bertz CT molecular complexity index is 430. The topological polar surface area (TPSA) is 75.8 Å². The second-order valence-corrected chi connectivity index (χ2v) is 5.40. The van der Waals surface area contributed by atoms with Crippen LogP contribution in [0.5, 0.6) is 0 Å². The first-order valence-corrected chi connectivity index (χ1v) is 5.92. The van der Waals surface area contributed by atoms with Crippen molar-refractivity contribution in [1.29, 1.82) is 0 Å². The molecule has 0 unspecified atom stereocenters. The van der Waals surface area contributed by atoms with Crippen molar-refractivity contribution in [2.45, 2.75) is 38.9 Å². The zero-order valence-electron chi connectivity index (χ0n) is 10.8. The molecule has 1 aromatic rings. The predicted octanol–water partition coefficient (Wildman–Crippen LogP) is 1.50. The van der Waals surface area contributed by atoms with Crippen molar-refractivity contribution in [2.24, 2.45) is 0 Å². The van der Waals surface area contributed by atoms with E-state index in [9.17, 15) is 4.79 Å². The van der Waals surface area contributed by atoms with Crippen LogP contribution in [-0.4, -0.2) is 39.8 Å². The van der Waals surface area contributed by atoms with Gasteiger partial charge in [-0.2, -0.15) is 0 Å². The summed E-state index contributed by atoms with van der Waals surface area (Å²) < 4.78 is 10.5. The van der Waals surface area contributed by atoms with Gasteiger partial charge in [-0.05, 0) is 20.8 Å². The number of amides is 1. The fourth-order valence-corrected chi connectivity index (χ4v) is 1.85. The minimum Gasteiger partial charge on any atom is -0.448 e. The SMILES string of the molecule is CC(C)(C)OC(=O)N1CC(c2ocnc2CO)C1. The summed E-state index contributed by atoms with van der Waals surface area (Å²) in [4.78, 5) is 17.2. The van der Waals surface area contributed by atoms with E-state index in [1.165, 1.54) is 6.39 Å². The van der Waals surface area contributed by atoms with Gasteiger partial charge in [0, 0.05) is 13.1 Å². The van der Waals surface area contributed by atoms with Gasteiger partial charge in [-0.1, -0.05) is 0 Å². The van der Waals surface area contributed by atoms with E-state index in [4.69, 9.17) is 14.3 Å². The Hall–Kier alpha value is -1.56. The van der Waals surface area contributed by atoms with Crippen molar-refractivity contribution in [1.82, 2.24) is 9.88 Å². The Morgan fingerprint density at radius 1 is 1.61 bits per heavy atom. The van der Waals surface area contributed by atoms with Gasteiger partial charge in [0.2, 0.25) is 0 Å². The molecule has 100 valence electrons. The first kappa shape index (κ1) is 12.9. The van der Waals surface area contributed by atoms with Crippen molar-refractivity contribution < 1.29 is 19.1 Å². The number of aliphatic hydroxyl groups excluding tert-OH is 1. The number of aliphatic hydroxyl groups is 1. The third-order valence-electron chi connectivity index (χ3n) is 2.73. The fraction of sp³-hybridized carbons (Fsp3) is 0.667. The van der Waals surface area contributed by atoms with Crippen molar-refractivity contribution in [2.75, 3.05) is 13.1 Å². The molecule has 2 rings (SSSR count). The minimum atomic E-state index is -0.481. The van der Waals surface area contributed by atoms with E-state index in [2.05, 4.69) is 4.98 Å². The average Bonchev–Trinajstić information content (AvgIpc) is 2.60. The molecule has 1 N–H and O–H groups in total. The molecule has 18 heavy (non-hydrogen) atoms. The number of carbonyl (C=O) groups excluding carboxylic acids is 1. The zero-order valence-corrected chi connectivity index (χ0v) is 10.8. The molecule has 0 spiro atoms. The average molecular weight is 254 g/mol. The van der Waals surface area contributed by atoms with Gasteiger partial charge in [-0.25, -0.2) is 9.78 Å². The van der Waals surface area contributed by atoms with Crippen molar-refractivity contribution in [3.8, 4) is 0 Å². The van der Waals surface area contributed by atoms with Crippen molar-refractivity contribution in [3.05, 3.63) is 17.8 Å². The van der Waals surface area contributed by atoms with Crippen LogP contribution in [0.25, 0.3) is 0 Å². The van der Waals surface area contributed by atoms with Crippen molar-refractivity contribution >= 4 is 6.09 Å². The molecule has 1 aromatic heterocycles. The molecule has 0 aliphatic carbocycles. The van der Waals surface area contributed by atoms with E-state index in [0.29, 0.717) is 24.5 Å². The highest BCUT2D eigenvalue weighted by atomic mass is 16.6. The molecule has 6 nitrogen and oxygen atoms in total. The molecule has 1 aliphatic heterocycles. The fourth-order valence-electron chi connectivity index (χ4n) is 1.85. The standard InChI is InChI=1S/C12H18N2O4/c1-12(2,3)18-11(16)14-4-8(5-14)10-9(6-15)13-7-17-10/h7-8,15H,4-6H2,1-3H3. The number of ether oxygens (including phenoxy) is 1. The molecule has 1 saturated heterocycles. The maximum Gasteiger partial charge on any atom is 0.410 e. The highest BCUT2D eigenvalue weighted by Gasteiger charge is 2.37. The normalized spacial score (nSPS) is 16.6. The molecule has 1 aliphatic rings. The smallest absolute Gasteiger partial charge is 0.410 e. The van der Waals surface area contributed by atoms with Gasteiger partial charge < -0.3 is 19.2 Å². The number of likely N-dealkylation sites (tertiary alicyclic amines) is 1. The second kappa shape index (κ2) is 4.61. The summed E-state index contributed by atoms with van der Waals surface area (Å²) in [6.45, 7) is 6.44. The van der Waals surface area contributed by atoms with E-state index >= 15 is 0 Å². The van der Waals surface area contributed by atoms with Gasteiger partial charge in [0.1, 0.15) is 17.1 Å². The van der Waals surface area contributed by atoms with Crippen LogP contribution in [0.1, 0.15) is 38.1 Å². The minimum absolute atomic E-state index is 0.0992. The molecule has 6 heteroatoms. The predicted molar refractivity (Wildman–Crippen MR) is 63.0 cm³/mol. The lowest BCUT2D eigenvalue weighted by atomic mass is 9.96. The number of aromatic nitrogens is 1. The summed E-state index contributed by atoms with van der Waals surface area (Å²) in [5.41, 5.74) is 0.0637. The lowest BCUT2D eigenvalue weighted by Gasteiger charge is -2.38. The van der Waals surface area contributed by atoms with Crippen LogP contribution < -0.4 is 0 Å². The zero-order chi connectivity index (χ0) is 13.3. The lowest BCUT2D eigenvalue weighted by molar-refractivity contribution is 0.00633.